The molecule has 1 unspecified atom stereocenters. The van der Waals surface area contributed by atoms with Gasteiger partial charge in [0.1, 0.15) is 5.75 Å². The summed E-state index contributed by atoms with van der Waals surface area (Å²) in [5, 5.41) is 10.5. The molecule has 1 N–H and O–H groups in total. The maximum Gasteiger partial charge on any atom is 0.258 e. The van der Waals surface area contributed by atoms with Gasteiger partial charge in [-0.25, -0.2) is 0 Å². The highest BCUT2D eigenvalue weighted by atomic mass is 16.5. The van der Waals surface area contributed by atoms with Gasteiger partial charge in [0.25, 0.3) is 5.91 Å². The second kappa shape index (κ2) is 7.84. The van der Waals surface area contributed by atoms with E-state index < -0.39 is 17.7 Å². The Bertz CT molecular complexity index is 714. The van der Waals surface area contributed by atoms with Crippen LogP contribution >= 0.6 is 0 Å². The van der Waals surface area contributed by atoms with Crippen molar-refractivity contribution in [3.63, 3.8) is 0 Å². The fourth-order valence-corrected chi connectivity index (χ4v) is 1.89. The first-order chi connectivity index (χ1) is 11.1. The molecular formula is C17H17N3O3. The molecule has 1 amide bonds. The zero-order chi connectivity index (χ0) is 16.7. The smallest absolute Gasteiger partial charge is 0.258 e. The second-order valence-corrected chi connectivity index (χ2v) is 4.75. The predicted molar refractivity (Wildman–Crippen MR) is 87.1 cm³/mol. The van der Waals surface area contributed by atoms with Gasteiger partial charge in [0.05, 0.1) is 18.5 Å². The summed E-state index contributed by atoms with van der Waals surface area (Å²) in [6.07, 6.45) is 0. The Balaban J connectivity index is 2.16. The van der Waals surface area contributed by atoms with Crippen LogP contribution in [0.15, 0.2) is 64.8 Å². The first kappa shape index (κ1) is 16.4. The third-order valence-electron chi connectivity index (χ3n) is 3.04. The molecule has 0 aliphatic carbocycles. The fraction of sp³-hybridized carbons (Fsp3) is 0.176. The number of ether oxygens (including phenoxy) is 1. The molecule has 0 saturated carbocycles. The number of ketones is 1. The van der Waals surface area contributed by atoms with Crippen LogP contribution in [0.2, 0.25) is 0 Å². The van der Waals surface area contributed by atoms with Gasteiger partial charge in [-0.3, -0.25) is 9.59 Å². The normalized spacial score (nSPS) is 11.9. The quantitative estimate of drug-likeness (QED) is 0.656. The number of carbonyl (C=O) groups excluding carboxylic acids is 2. The Morgan fingerprint density at radius 1 is 1.04 bits per heavy atom. The molecule has 1 atom stereocenters. The molecule has 6 heteroatoms. The van der Waals surface area contributed by atoms with E-state index in [-0.39, 0.29) is 0 Å². The lowest BCUT2D eigenvalue weighted by Crippen LogP contribution is -2.31. The van der Waals surface area contributed by atoms with Gasteiger partial charge in [-0.2, -0.15) is 10.2 Å². The summed E-state index contributed by atoms with van der Waals surface area (Å²) in [4.78, 5) is 24.0. The fourth-order valence-electron chi connectivity index (χ4n) is 1.89. The first-order valence-electron chi connectivity index (χ1n) is 7.02. The molecule has 6 nitrogen and oxygen atoms in total. The first-order valence-corrected chi connectivity index (χ1v) is 7.02. The van der Waals surface area contributed by atoms with Crippen LogP contribution in [0.5, 0.6) is 5.75 Å². The number of rotatable bonds is 6. The van der Waals surface area contributed by atoms with Crippen LogP contribution in [0, 0.1) is 0 Å². The van der Waals surface area contributed by atoms with Crippen LogP contribution in [0.1, 0.15) is 6.92 Å². The minimum atomic E-state index is -1.21. The Kier molecular flexibility index (Phi) is 5.57. The zero-order valence-corrected chi connectivity index (χ0v) is 12.9. The van der Waals surface area contributed by atoms with Crippen LogP contribution in [0.3, 0.4) is 0 Å². The van der Waals surface area contributed by atoms with Crippen LogP contribution in [-0.2, 0) is 9.59 Å². The number of Topliss-reactive ketones (excluding diaryl/α,β-unsaturated/α-hetero) is 1. The van der Waals surface area contributed by atoms with Crippen LogP contribution in [-0.4, -0.2) is 24.8 Å². The molecule has 0 aromatic heterocycles. The highest BCUT2D eigenvalue weighted by Crippen LogP contribution is 2.23. The van der Waals surface area contributed by atoms with E-state index in [9.17, 15) is 9.59 Å². The average molecular weight is 311 g/mol. The molecule has 0 radical (unpaired) electrons. The van der Waals surface area contributed by atoms with E-state index in [4.69, 9.17) is 4.74 Å². The van der Waals surface area contributed by atoms with Gasteiger partial charge in [0, 0.05) is 0 Å². The van der Waals surface area contributed by atoms with E-state index in [2.05, 4.69) is 15.5 Å². The lowest BCUT2D eigenvalue weighted by molar-refractivity contribution is -0.126. The Morgan fingerprint density at radius 3 is 2.35 bits per heavy atom. The molecule has 0 spiro atoms. The van der Waals surface area contributed by atoms with Gasteiger partial charge in [-0.1, -0.05) is 30.3 Å². The lowest BCUT2D eigenvalue weighted by Gasteiger charge is -2.12. The van der Waals surface area contributed by atoms with Gasteiger partial charge in [0.2, 0.25) is 6.04 Å². The number of carbonyl (C=O) groups is 2. The highest BCUT2D eigenvalue weighted by molar-refractivity contribution is 6.10. The van der Waals surface area contributed by atoms with E-state index in [1.54, 1.807) is 48.5 Å². The number of methoxy groups -OCH3 is 1. The van der Waals surface area contributed by atoms with Crippen molar-refractivity contribution in [3.8, 4) is 5.75 Å². The Labute approximate surface area is 134 Å². The molecule has 2 aromatic carbocycles. The lowest BCUT2D eigenvalue weighted by atomic mass is 10.2. The van der Waals surface area contributed by atoms with Crippen molar-refractivity contribution in [1.82, 2.24) is 0 Å². The largest absolute Gasteiger partial charge is 0.495 e. The summed E-state index contributed by atoms with van der Waals surface area (Å²) in [5.74, 6) is -0.443. The summed E-state index contributed by atoms with van der Waals surface area (Å²) in [6.45, 7) is 1.30. The highest BCUT2D eigenvalue weighted by Gasteiger charge is 2.24. The van der Waals surface area contributed by atoms with Gasteiger partial charge in [0.15, 0.2) is 5.78 Å². The number of anilines is 1. The molecule has 118 valence electrons. The van der Waals surface area contributed by atoms with Crippen LogP contribution in [0.25, 0.3) is 0 Å². The number of amides is 1. The Hall–Kier alpha value is -3.02. The van der Waals surface area contributed by atoms with E-state index in [1.165, 1.54) is 14.0 Å². The number of hydrogen-bond acceptors (Lipinski definition) is 5. The summed E-state index contributed by atoms with van der Waals surface area (Å²) < 4.78 is 5.16. The maximum atomic E-state index is 12.3. The number of nitrogens with one attached hydrogen (secondary N) is 1. The van der Waals surface area contributed by atoms with Crippen LogP contribution in [0.4, 0.5) is 11.4 Å². The SMILES string of the molecule is COc1ccccc1NC(=O)C(N=Nc1ccccc1)C(C)=O. The minimum absolute atomic E-state index is 0.392. The zero-order valence-electron chi connectivity index (χ0n) is 12.9. The third-order valence-corrected chi connectivity index (χ3v) is 3.04. The van der Waals surface area contributed by atoms with Crippen molar-refractivity contribution in [3.05, 3.63) is 54.6 Å². The van der Waals surface area contributed by atoms with E-state index in [0.29, 0.717) is 17.1 Å². The molecule has 0 fully saturated rings. The molecular weight excluding hydrogens is 294 g/mol. The minimum Gasteiger partial charge on any atom is -0.495 e. The number of nitrogens with zero attached hydrogens (tertiary/aromatic N) is 2. The second-order valence-electron chi connectivity index (χ2n) is 4.75. The average Bonchev–Trinajstić information content (AvgIpc) is 2.56. The van der Waals surface area contributed by atoms with E-state index in [1.807, 2.05) is 6.07 Å². The molecule has 2 rings (SSSR count). The standard InChI is InChI=1S/C17H17N3O3/c1-12(21)16(20-19-13-8-4-3-5-9-13)17(22)18-14-10-6-7-11-15(14)23-2/h3-11,16H,1-2H3,(H,18,22). The van der Waals surface area contributed by atoms with Gasteiger partial charge >= 0.3 is 0 Å². The van der Waals surface area contributed by atoms with Gasteiger partial charge in [-0.05, 0) is 31.2 Å². The summed E-state index contributed by atoms with van der Waals surface area (Å²) in [5.41, 5.74) is 1.05. The predicted octanol–water partition coefficient (Wildman–Crippen LogP) is 3.38. The molecule has 0 heterocycles. The van der Waals surface area contributed by atoms with Crippen molar-refractivity contribution in [2.24, 2.45) is 10.2 Å². The van der Waals surface area contributed by atoms with E-state index in [0.717, 1.165) is 0 Å². The number of hydrogen-bond donors (Lipinski definition) is 1. The summed E-state index contributed by atoms with van der Waals surface area (Å²) >= 11 is 0. The molecule has 0 aliphatic heterocycles. The van der Waals surface area contributed by atoms with Crippen molar-refractivity contribution in [1.29, 1.82) is 0 Å². The molecule has 0 saturated heterocycles. The summed E-state index contributed by atoms with van der Waals surface area (Å²) in [6, 6.07) is 14.6. The maximum absolute atomic E-state index is 12.3. The number of benzene rings is 2. The van der Waals surface area contributed by atoms with Crippen molar-refractivity contribution in [2.75, 3.05) is 12.4 Å². The third kappa shape index (κ3) is 4.47. The molecule has 23 heavy (non-hydrogen) atoms. The molecule has 2 aromatic rings. The summed E-state index contributed by atoms with van der Waals surface area (Å²) in [7, 11) is 1.50. The number of azo groups is 1. The molecule has 0 aliphatic rings. The van der Waals surface area contributed by atoms with Crippen molar-refractivity contribution < 1.29 is 14.3 Å². The van der Waals surface area contributed by atoms with Crippen molar-refractivity contribution in [2.45, 2.75) is 13.0 Å². The van der Waals surface area contributed by atoms with Gasteiger partial charge < -0.3 is 10.1 Å². The number of para-hydroxylation sites is 2. The Morgan fingerprint density at radius 2 is 1.70 bits per heavy atom. The molecule has 0 bridgehead atoms. The van der Waals surface area contributed by atoms with Crippen LogP contribution < -0.4 is 10.1 Å². The van der Waals surface area contributed by atoms with Crippen molar-refractivity contribution >= 4 is 23.1 Å². The van der Waals surface area contributed by atoms with Gasteiger partial charge in [-0.15, -0.1) is 0 Å². The topological polar surface area (TPSA) is 80.1 Å². The van der Waals surface area contributed by atoms with E-state index >= 15 is 0 Å². The monoisotopic (exact) mass is 311 g/mol.